The van der Waals surface area contributed by atoms with E-state index in [2.05, 4.69) is 5.10 Å². The Labute approximate surface area is 187 Å². The minimum absolute atomic E-state index is 0.0927. The van der Waals surface area contributed by atoms with Crippen LogP contribution in [0.2, 0.25) is 5.02 Å². The topological polar surface area (TPSA) is 70.0 Å². The number of rotatable bonds is 7. The van der Waals surface area contributed by atoms with E-state index in [1.54, 1.807) is 24.3 Å². The van der Waals surface area contributed by atoms with Gasteiger partial charge in [-0.3, -0.25) is 4.79 Å². The highest BCUT2D eigenvalue weighted by atomic mass is 35.5. The van der Waals surface area contributed by atoms with Gasteiger partial charge < -0.3 is 5.11 Å². The molecule has 9 heteroatoms. The number of halogens is 4. The monoisotopic (exact) mass is 464 g/mol. The zero-order valence-corrected chi connectivity index (χ0v) is 17.8. The van der Waals surface area contributed by atoms with Crippen LogP contribution < -0.4 is 5.01 Å². The molecule has 1 aliphatic heterocycles. The summed E-state index contributed by atoms with van der Waals surface area (Å²) in [6.07, 6.45) is -2.11. The van der Waals surface area contributed by atoms with Gasteiger partial charge in [0.1, 0.15) is 0 Å². The van der Waals surface area contributed by atoms with Crippen LogP contribution in [0.5, 0.6) is 0 Å². The van der Waals surface area contributed by atoms with Crippen LogP contribution >= 0.6 is 11.6 Å². The third-order valence-corrected chi connectivity index (χ3v) is 5.24. The molecule has 3 rings (SSSR count). The Hall–Kier alpha value is -3.13. The standard InChI is InChI=1S/C23H20ClF3N2O3/c1-2-3-20-19(21(30)29(28-20)18-10-8-17(24)9-11-18)13-15(22(31)32)12-14-4-6-16(7-5-14)23(25,26)27/h4-12,19H,2-3,13H2,1H3,(H,31,32)/b15-12-. The van der Waals surface area contributed by atoms with Crippen molar-refractivity contribution in [2.45, 2.75) is 32.4 Å². The first-order valence-corrected chi connectivity index (χ1v) is 10.3. The van der Waals surface area contributed by atoms with Crippen molar-refractivity contribution in [1.29, 1.82) is 0 Å². The second-order valence-electron chi connectivity index (χ2n) is 7.32. The van der Waals surface area contributed by atoms with E-state index >= 15 is 0 Å². The highest BCUT2D eigenvalue weighted by Crippen LogP contribution is 2.32. The number of anilines is 1. The SMILES string of the molecule is CCCC1=NN(c2ccc(Cl)cc2)C(=O)C1C/C(=C/c1ccc(C(F)(F)F)cc1)C(=O)O. The second-order valence-corrected chi connectivity index (χ2v) is 7.76. The number of carboxylic acid groups (broad SMARTS) is 1. The number of carbonyl (C=O) groups excluding carboxylic acids is 1. The molecular weight excluding hydrogens is 445 g/mol. The van der Waals surface area contributed by atoms with E-state index in [-0.39, 0.29) is 17.9 Å². The van der Waals surface area contributed by atoms with Gasteiger partial charge in [-0.05, 0) is 60.9 Å². The summed E-state index contributed by atoms with van der Waals surface area (Å²) in [7, 11) is 0. The lowest BCUT2D eigenvalue weighted by Crippen LogP contribution is -2.28. The van der Waals surface area contributed by atoms with Crippen LogP contribution in [-0.2, 0) is 15.8 Å². The lowest BCUT2D eigenvalue weighted by molar-refractivity contribution is -0.137. The summed E-state index contributed by atoms with van der Waals surface area (Å²) in [6, 6.07) is 10.7. The van der Waals surface area contributed by atoms with Crippen molar-refractivity contribution in [3.05, 3.63) is 70.3 Å². The fraction of sp³-hybridized carbons (Fsp3) is 0.261. The number of amides is 1. The third kappa shape index (κ3) is 5.37. The highest BCUT2D eigenvalue weighted by molar-refractivity contribution is 6.30. The van der Waals surface area contributed by atoms with Crippen molar-refractivity contribution in [3.63, 3.8) is 0 Å². The molecule has 0 spiro atoms. The maximum absolute atomic E-state index is 13.1. The molecule has 0 radical (unpaired) electrons. The molecule has 0 fully saturated rings. The Bertz CT molecular complexity index is 1060. The number of hydrogen-bond donors (Lipinski definition) is 1. The smallest absolute Gasteiger partial charge is 0.416 e. The summed E-state index contributed by atoms with van der Waals surface area (Å²) in [5.41, 5.74) is 0.453. The highest BCUT2D eigenvalue weighted by Gasteiger charge is 2.37. The summed E-state index contributed by atoms with van der Waals surface area (Å²) < 4.78 is 38.3. The molecule has 1 heterocycles. The Kier molecular flexibility index (Phi) is 7.03. The van der Waals surface area contributed by atoms with Crippen molar-refractivity contribution in [2.75, 3.05) is 5.01 Å². The second kappa shape index (κ2) is 9.56. The zero-order valence-electron chi connectivity index (χ0n) is 17.1. The number of hydrazone groups is 1. The van der Waals surface area contributed by atoms with E-state index in [4.69, 9.17) is 11.6 Å². The maximum atomic E-state index is 13.1. The minimum Gasteiger partial charge on any atom is -0.478 e. The van der Waals surface area contributed by atoms with Crippen LogP contribution in [0.15, 0.2) is 59.2 Å². The van der Waals surface area contributed by atoms with Gasteiger partial charge in [-0.15, -0.1) is 0 Å². The van der Waals surface area contributed by atoms with Gasteiger partial charge in [0.05, 0.1) is 22.9 Å². The molecule has 1 amide bonds. The fourth-order valence-corrected chi connectivity index (χ4v) is 3.51. The Morgan fingerprint density at radius 1 is 1.16 bits per heavy atom. The molecule has 0 aromatic heterocycles. The van der Waals surface area contributed by atoms with E-state index in [1.165, 1.54) is 23.2 Å². The Morgan fingerprint density at radius 3 is 2.31 bits per heavy atom. The number of carbonyl (C=O) groups is 2. The third-order valence-electron chi connectivity index (χ3n) is 4.99. The van der Waals surface area contributed by atoms with Gasteiger partial charge in [-0.2, -0.15) is 18.3 Å². The molecule has 2 aromatic rings. The quantitative estimate of drug-likeness (QED) is 0.508. The van der Waals surface area contributed by atoms with E-state index < -0.39 is 23.6 Å². The van der Waals surface area contributed by atoms with Crippen LogP contribution in [0, 0.1) is 5.92 Å². The van der Waals surface area contributed by atoms with Gasteiger partial charge in [0.2, 0.25) is 0 Å². The molecule has 5 nitrogen and oxygen atoms in total. The summed E-state index contributed by atoms with van der Waals surface area (Å²) in [6.45, 7) is 1.92. The molecule has 1 atom stereocenters. The summed E-state index contributed by atoms with van der Waals surface area (Å²) in [4.78, 5) is 24.9. The van der Waals surface area contributed by atoms with Crippen LogP contribution in [-0.4, -0.2) is 22.7 Å². The first-order valence-electron chi connectivity index (χ1n) is 9.88. The van der Waals surface area contributed by atoms with Gasteiger partial charge in [-0.25, -0.2) is 9.80 Å². The molecule has 32 heavy (non-hydrogen) atoms. The molecule has 168 valence electrons. The zero-order chi connectivity index (χ0) is 23.5. The molecule has 2 aromatic carbocycles. The predicted octanol–water partition coefficient (Wildman–Crippen LogP) is 6.04. The summed E-state index contributed by atoms with van der Waals surface area (Å²) in [5, 5.41) is 15.8. The molecule has 1 N–H and O–H groups in total. The molecule has 0 saturated carbocycles. The van der Waals surface area contributed by atoms with Crippen molar-refractivity contribution in [3.8, 4) is 0 Å². The van der Waals surface area contributed by atoms with Gasteiger partial charge in [0, 0.05) is 10.6 Å². The number of benzene rings is 2. The van der Waals surface area contributed by atoms with Crippen LogP contribution in [0.1, 0.15) is 37.3 Å². The maximum Gasteiger partial charge on any atom is 0.416 e. The first-order chi connectivity index (χ1) is 15.1. The van der Waals surface area contributed by atoms with Gasteiger partial charge in [0.25, 0.3) is 5.91 Å². The van der Waals surface area contributed by atoms with Crippen molar-refractivity contribution in [1.82, 2.24) is 0 Å². The summed E-state index contributed by atoms with van der Waals surface area (Å²) >= 11 is 5.90. The molecule has 1 aliphatic rings. The van der Waals surface area contributed by atoms with Gasteiger partial charge in [-0.1, -0.05) is 37.1 Å². The average molecular weight is 465 g/mol. The normalized spacial score (nSPS) is 17.0. The molecule has 0 saturated heterocycles. The number of hydrogen-bond acceptors (Lipinski definition) is 3. The van der Waals surface area contributed by atoms with Crippen LogP contribution in [0.25, 0.3) is 6.08 Å². The van der Waals surface area contributed by atoms with E-state index in [0.29, 0.717) is 34.8 Å². The van der Waals surface area contributed by atoms with Crippen molar-refractivity contribution >= 4 is 41.0 Å². The van der Waals surface area contributed by atoms with Gasteiger partial charge in [0.15, 0.2) is 0 Å². The first kappa shape index (κ1) is 23.5. The van der Waals surface area contributed by atoms with E-state index in [0.717, 1.165) is 12.1 Å². The lowest BCUT2D eigenvalue weighted by atomic mass is 9.91. The number of carboxylic acids is 1. The fourth-order valence-electron chi connectivity index (χ4n) is 3.39. The minimum atomic E-state index is -4.48. The van der Waals surface area contributed by atoms with Gasteiger partial charge >= 0.3 is 12.1 Å². The molecular formula is C23H20ClF3N2O3. The number of aliphatic carboxylic acids is 1. The number of alkyl halides is 3. The Morgan fingerprint density at radius 2 is 1.78 bits per heavy atom. The predicted molar refractivity (Wildman–Crippen MR) is 116 cm³/mol. The molecule has 0 aliphatic carbocycles. The molecule has 0 bridgehead atoms. The van der Waals surface area contributed by atoms with E-state index in [1.807, 2.05) is 6.92 Å². The molecule has 1 unspecified atom stereocenters. The average Bonchev–Trinajstić information content (AvgIpc) is 3.03. The summed E-state index contributed by atoms with van der Waals surface area (Å²) in [5.74, 6) is -2.39. The lowest BCUT2D eigenvalue weighted by Gasteiger charge is -2.15. The van der Waals surface area contributed by atoms with Crippen molar-refractivity contribution < 1.29 is 27.9 Å². The Balaban J connectivity index is 1.88. The largest absolute Gasteiger partial charge is 0.478 e. The van der Waals surface area contributed by atoms with Crippen LogP contribution in [0.3, 0.4) is 0 Å². The van der Waals surface area contributed by atoms with Crippen LogP contribution in [0.4, 0.5) is 18.9 Å². The van der Waals surface area contributed by atoms with E-state index in [9.17, 15) is 27.9 Å². The van der Waals surface area contributed by atoms with Crippen molar-refractivity contribution in [2.24, 2.45) is 11.0 Å². The number of nitrogens with zero attached hydrogens (tertiary/aromatic N) is 2.